The Morgan fingerprint density at radius 1 is 0.519 bits per heavy atom. The van der Waals surface area contributed by atoms with Gasteiger partial charge < -0.3 is 0 Å². The molecule has 0 aromatic carbocycles. The van der Waals surface area contributed by atoms with E-state index in [0.29, 0.717) is 0 Å². The molecule has 4 fully saturated rings. The number of rotatable bonds is 4. The zero-order valence-electron chi connectivity index (χ0n) is 18.6. The standard InChI is InChI=1S/C27H48/c1-3-7-27-25(10-5-4-8-23-9-6-11-26(23)27)24-18-16-22(17-19-24)21-14-12-20(2)13-15-21/h20-27H,3-19H2,1-2H3. The third-order valence-corrected chi connectivity index (χ3v) is 9.95. The lowest BCUT2D eigenvalue weighted by Crippen LogP contribution is -2.35. The Morgan fingerprint density at radius 3 is 1.67 bits per heavy atom. The third-order valence-electron chi connectivity index (χ3n) is 9.95. The summed E-state index contributed by atoms with van der Waals surface area (Å²) in [5.74, 6) is 8.75. The van der Waals surface area contributed by atoms with Crippen LogP contribution in [0.4, 0.5) is 0 Å². The summed E-state index contributed by atoms with van der Waals surface area (Å²) in [5, 5.41) is 0. The van der Waals surface area contributed by atoms with Crippen molar-refractivity contribution in [2.75, 3.05) is 0 Å². The van der Waals surface area contributed by atoms with Crippen molar-refractivity contribution in [2.45, 2.75) is 123 Å². The molecule has 0 aliphatic heterocycles. The van der Waals surface area contributed by atoms with Crippen LogP contribution in [-0.2, 0) is 0 Å². The highest BCUT2D eigenvalue weighted by molar-refractivity contribution is 4.92. The van der Waals surface area contributed by atoms with Gasteiger partial charge in [0.2, 0.25) is 0 Å². The number of fused-ring (bicyclic) bond motifs is 1. The maximum absolute atomic E-state index is 2.48. The quantitative estimate of drug-likeness (QED) is 0.463. The molecule has 4 aliphatic carbocycles. The molecule has 4 unspecified atom stereocenters. The van der Waals surface area contributed by atoms with Crippen molar-refractivity contribution < 1.29 is 0 Å². The van der Waals surface area contributed by atoms with Gasteiger partial charge in [-0.2, -0.15) is 0 Å². The zero-order valence-corrected chi connectivity index (χ0v) is 18.6. The van der Waals surface area contributed by atoms with E-state index < -0.39 is 0 Å². The first-order valence-electron chi connectivity index (χ1n) is 13.3. The maximum atomic E-state index is 2.48. The summed E-state index contributed by atoms with van der Waals surface area (Å²) in [6.07, 6.45) is 26.5. The highest BCUT2D eigenvalue weighted by Gasteiger charge is 2.42. The van der Waals surface area contributed by atoms with Gasteiger partial charge in [0.1, 0.15) is 0 Å². The van der Waals surface area contributed by atoms with Gasteiger partial charge in [0.15, 0.2) is 0 Å². The predicted octanol–water partition coefficient (Wildman–Crippen LogP) is 8.64. The van der Waals surface area contributed by atoms with Crippen molar-refractivity contribution in [1.29, 1.82) is 0 Å². The summed E-state index contributed by atoms with van der Waals surface area (Å²) in [6.45, 7) is 4.94. The molecule has 0 saturated heterocycles. The Balaban J connectivity index is 1.37. The fourth-order valence-corrected chi connectivity index (χ4v) is 8.45. The van der Waals surface area contributed by atoms with Crippen LogP contribution in [-0.4, -0.2) is 0 Å². The van der Waals surface area contributed by atoms with Crippen LogP contribution in [0.15, 0.2) is 0 Å². The molecule has 4 rings (SSSR count). The molecule has 0 heterocycles. The molecule has 156 valence electrons. The van der Waals surface area contributed by atoms with Gasteiger partial charge >= 0.3 is 0 Å². The zero-order chi connectivity index (χ0) is 18.6. The Hall–Kier alpha value is 0. The minimum Gasteiger partial charge on any atom is -0.0654 e. The predicted molar refractivity (Wildman–Crippen MR) is 118 cm³/mol. The molecule has 0 aromatic rings. The molecule has 4 saturated carbocycles. The van der Waals surface area contributed by atoms with Crippen LogP contribution in [0.1, 0.15) is 123 Å². The second-order valence-corrected chi connectivity index (χ2v) is 11.5. The van der Waals surface area contributed by atoms with Crippen LogP contribution in [0.5, 0.6) is 0 Å². The van der Waals surface area contributed by atoms with Gasteiger partial charge in [-0.15, -0.1) is 0 Å². The Kier molecular flexibility index (Phi) is 7.26. The van der Waals surface area contributed by atoms with E-state index in [-0.39, 0.29) is 0 Å². The van der Waals surface area contributed by atoms with Gasteiger partial charge in [-0.05, 0) is 98.7 Å². The van der Waals surface area contributed by atoms with Crippen LogP contribution in [0.25, 0.3) is 0 Å². The lowest BCUT2D eigenvalue weighted by molar-refractivity contribution is 0.0552. The fraction of sp³-hybridized carbons (Fsp3) is 1.00. The van der Waals surface area contributed by atoms with Crippen LogP contribution in [0.3, 0.4) is 0 Å². The summed E-state index contributed by atoms with van der Waals surface area (Å²) in [4.78, 5) is 0. The van der Waals surface area contributed by atoms with Crippen molar-refractivity contribution in [3.8, 4) is 0 Å². The number of hydrogen-bond acceptors (Lipinski definition) is 0. The molecule has 0 amide bonds. The molecule has 27 heavy (non-hydrogen) atoms. The first kappa shape index (κ1) is 20.3. The minimum atomic E-state index is 1.02. The molecule has 0 bridgehead atoms. The summed E-state index contributed by atoms with van der Waals surface area (Å²) in [5.41, 5.74) is 0. The van der Waals surface area contributed by atoms with E-state index in [4.69, 9.17) is 0 Å². The molecule has 4 aliphatic rings. The normalized spacial score (nSPS) is 46.4. The molecule has 0 heteroatoms. The Labute approximate surface area is 170 Å². The minimum absolute atomic E-state index is 1.02. The topological polar surface area (TPSA) is 0 Å². The first-order chi connectivity index (χ1) is 13.3. The number of hydrogen-bond donors (Lipinski definition) is 0. The van der Waals surface area contributed by atoms with Crippen LogP contribution in [0.2, 0.25) is 0 Å². The van der Waals surface area contributed by atoms with Crippen LogP contribution < -0.4 is 0 Å². The van der Waals surface area contributed by atoms with E-state index in [1.165, 1.54) is 19.3 Å². The molecular formula is C27H48. The molecule has 0 nitrogen and oxygen atoms in total. The molecule has 0 spiro atoms. The van der Waals surface area contributed by atoms with E-state index in [1.54, 1.807) is 89.9 Å². The molecule has 4 atom stereocenters. The van der Waals surface area contributed by atoms with Crippen molar-refractivity contribution in [2.24, 2.45) is 47.3 Å². The van der Waals surface area contributed by atoms with E-state index in [2.05, 4.69) is 13.8 Å². The highest BCUT2D eigenvalue weighted by atomic mass is 14.5. The van der Waals surface area contributed by atoms with Gasteiger partial charge in [-0.1, -0.05) is 71.6 Å². The van der Waals surface area contributed by atoms with E-state index >= 15 is 0 Å². The van der Waals surface area contributed by atoms with Crippen molar-refractivity contribution in [1.82, 2.24) is 0 Å². The van der Waals surface area contributed by atoms with Gasteiger partial charge in [-0.25, -0.2) is 0 Å². The van der Waals surface area contributed by atoms with Gasteiger partial charge in [0, 0.05) is 0 Å². The molecule has 0 radical (unpaired) electrons. The smallest absolute Gasteiger partial charge is 0.0352 e. The highest BCUT2D eigenvalue weighted by Crippen LogP contribution is 2.52. The van der Waals surface area contributed by atoms with Gasteiger partial charge in [0.25, 0.3) is 0 Å². The second-order valence-electron chi connectivity index (χ2n) is 11.5. The lowest BCUT2D eigenvalue weighted by atomic mass is 9.61. The van der Waals surface area contributed by atoms with Crippen LogP contribution in [0, 0.1) is 47.3 Å². The molecule has 0 N–H and O–H groups in total. The second kappa shape index (κ2) is 9.67. The largest absolute Gasteiger partial charge is 0.0654 e. The van der Waals surface area contributed by atoms with Crippen LogP contribution >= 0.6 is 0 Å². The summed E-state index contributed by atoms with van der Waals surface area (Å²) >= 11 is 0. The van der Waals surface area contributed by atoms with Crippen molar-refractivity contribution in [3.05, 3.63) is 0 Å². The lowest BCUT2D eigenvalue weighted by Gasteiger charge is -2.45. The molecule has 0 aromatic heterocycles. The first-order valence-corrected chi connectivity index (χ1v) is 13.3. The fourth-order valence-electron chi connectivity index (χ4n) is 8.45. The van der Waals surface area contributed by atoms with E-state index in [9.17, 15) is 0 Å². The average Bonchev–Trinajstić information content (AvgIpc) is 3.14. The van der Waals surface area contributed by atoms with E-state index in [1.807, 2.05) is 0 Å². The van der Waals surface area contributed by atoms with E-state index in [0.717, 1.165) is 47.3 Å². The molecular weight excluding hydrogens is 324 g/mol. The third kappa shape index (κ3) is 4.78. The van der Waals surface area contributed by atoms with Gasteiger partial charge in [0.05, 0.1) is 0 Å². The SMILES string of the molecule is CCCC1C2CCCC2CCCCC1C1CCC(C2CCC(C)CC2)CC1. The summed E-state index contributed by atoms with van der Waals surface area (Å²) in [6, 6.07) is 0. The maximum Gasteiger partial charge on any atom is -0.0352 e. The summed E-state index contributed by atoms with van der Waals surface area (Å²) in [7, 11) is 0. The van der Waals surface area contributed by atoms with Crippen molar-refractivity contribution >= 4 is 0 Å². The average molecular weight is 373 g/mol. The Morgan fingerprint density at radius 2 is 1.00 bits per heavy atom. The van der Waals surface area contributed by atoms with Gasteiger partial charge in [-0.3, -0.25) is 0 Å². The Bertz CT molecular complexity index is 423. The van der Waals surface area contributed by atoms with Crippen molar-refractivity contribution in [3.63, 3.8) is 0 Å². The monoisotopic (exact) mass is 372 g/mol. The summed E-state index contributed by atoms with van der Waals surface area (Å²) < 4.78 is 0.